The van der Waals surface area contributed by atoms with E-state index in [1.807, 2.05) is 12.1 Å². The van der Waals surface area contributed by atoms with Crippen LogP contribution in [0.15, 0.2) is 86.1 Å². The van der Waals surface area contributed by atoms with Gasteiger partial charge in [-0.15, -0.1) is 0 Å². The summed E-state index contributed by atoms with van der Waals surface area (Å²) in [6.07, 6.45) is 1.65. The standard InChI is InChI=1S/C28H21ClN2O6S/c1-15-23(27(34)36-3)24(16-7-9-17(10-8-16)26(33)35-2)31-25(32)22(38-28(31)30-15)14-20-11-12-21(37-20)18-5-4-6-19(29)13-18/h4-14,24H,1-3H3/b22-14+/t24-/m1/s1. The molecule has 0 N–H and O–H groups in total. The maximum absolute atomic E-state index is 13.7. The number of furan rings is 1. The average molecular weight is 549 g/mol. The van der Waals surface area contributed by atoms with Crippen LogP contribution >= 0.6 is 22.9 Å². The van der Waals surface area contributed by atoms with Gasteiger partial charge in [0.1, 0.15) is 11.5 Å². The molecule has 0 aliphatic carbocycles. The molecule has 0 fully saturated rings. The monoisotopic (exact) mass is 548 g/mol. The van der Waals surface area contributed by atoms with Gasteiger partial charge in [0.25, 0.3) is 5.56 Å². The van der Waals surface area contributed by atoms with Crippen molar-refractivity contribution < 1.29 is 23.5 Å². The number of benzene rings is 2. The molecule has 2 aromatic heterocycles. The fourth-order valence-electron chi connectivity index (χ4n) is 4.28. The highest BCUT2D eigenvalue weighted by Gasteiger charge is 2.33. The van der Waals surface area contributed by atoms with Crippen LogP contribution in [0.4, 0.5) is 0 Å². The number of hydrogen-bond donors (Lipinski definition) is 0. The van der Waals surface area contributed by atoms with Gasteiger partial charge in [-0.1, -0.05) is 47.2 Å². The fraction of sp³-hybridized carbons (Fsp3) is 0.143. The first-order chi connectivity index (χ1) is 18.3. The molecular formula is C28H21ClN2O6S. The molecule has 1 aliphatic rings. The van der Waals surface area contributed by atoms with E-state index < -0.39 is 18.0 Å². The van der Waals surface area contributed by atoms with Crippen LogP contribution in [0.5, 0.6) is 0 Å². The molecule has 0 amide bonds. The van der Waals surface area contributed by atoms with Crippen LogP contribution in [-0.4, -0.2) is 30.7 Å². The summed E-state index contributed by atoms with van der Waals surface area (Å²) >= 11 is 7.29. The van der Waals surface area contributed by atoms with E-state index in [4.69, 9.17) is 25.5 Å². The number of aromatic nitrogens is 1. The third-order valence-corrected chi connectivity index (χ3v) is 7.30. The van der Waals surface area contributed by atoms with Gasteiger partial charge in [-0.25, -0.2) is 14.6 Å². The quantitative estimate of drug-likeness (QED) is 0.348. The molecule has 0 saturated heterocycles. The molecule has 0 unspecified atom stereocenters. The Hall–Kier alpha value is -4.21. The molecule has 0 spiro atoms. The van der Waals surface area contributed by atoms with Gasteiger partial charge < -0.3 is 13.9 Å². The highest BCUT2D eigenvalue weighted by molar-refractivity contribution is 7.07. The van der Waals surface area contributed by atoms with Gasteiger partial charge >= 0.3 is 11.9 Å². The van der Waals surface area contributed by atoms with Gasteiger partial charge in [0.15, 0.2) is 4.80 Å². The zero-order valence-electron chi connectivity index (χ0n) is 20.6. The van der Waals surface area contributed by atoms with Crippen LogP contribution in [0, 0.1) is 0 Å². The molecule has 1 atom stereocenters. The average Bonchev–Trinajstić information content (AvgIpc) is 3.51. The predicted octanol–water partition coefficient (Wildman–Crippen LogP) is 4.11. The molecule has 8 nitrogen and oxygen atoms in total. The summed E-state index contributed by atoms with van der Waals surface area (Å²) in [7, 11) is 2.58. The van der Waals surface area contributed by atoms with E-state index in [9.17, 15) is 14.4 Å². The second-order valence-corrected chi connectivity index (χ2v) is 9.84. The normalized spacial score (nSPS) is 15.2. The van der Waals surface area contributed by atoms with Crippen molar-refractivity contribution in [3.8, 4) is 11.3 Å². The number of halogens is 1. The van der Waals surface area contributed by atoms with Gasteiger partial charge in [0, 0.05) is 16.7 Å². The zero-order valence-corrected chi connectivity index (χ0v) is 22.1. The van der Waals surface area contributed by atoms with Crippen LogP contribution in [-0.2, 0) is 14.3 Å². The van der Waals surface area contributed by atoms with Crippen LogP contribution in [0.1, 0.15) is 34.6 Å². The second kappa shape index (κ2) is 10.3. The van der Waals surface area contributed by atoms with Crippen molar-refractivity contribution in [3.63, 3.8) is 0 Å². The Morgan fingerprint density at radius 1 is 1.05 bits per heavy atom. The third kappa shape index (κ3) is 4.62. The van der Waals surface area contributed by atoms with Crippen LogP contribution in [0.3, 0.4) is 0 Å². The van der Waals surface area contributed by atoms with Crippen LogP contribution in [0.25, 0.3) is 17.4 Å². The molecule has 0 radical (unpaired) electrons. The lowest BCUT2D eigenvalue weighted by atomic mass is 9.95. The minimum absolute atomic E-state index is 0.235. The lowest BCUT2D eigenvalue weighted by molar-refractivity contribution is -0.136. The maximum Gasteiger partial charge on any atom is 0.338 e. The molecule has 5 rings (SSSR count). The zero-order chi connectivity index (χ0) is 27.0. The van der Waals surface area contributed by atoms with Crippen molar-refractivity contribution in [1.29, 1.82) is 0 Å². The van der Waals surface area contributed by atoms with Crippen molar-refractivity contribution >= 4 is 41.0 Å². The Balaban J connectivity index is 1.63. The number of esters is 2. The fourth-order valence-corrected chi connectivity index (χ4v) is 5.50. The van der Waals surface area contributed by atoms with E-state index in [0.717, 1.165) is 5.56 Å². The lowest BCUT2D eigenvalue weighted by Gasteiger charge is -2.24. The number of allylic oxidation sites excluding steroid dienone is 1. The number of ether oxygens (including phenoxy) is 2. The lowest BCUT2D eigenvalue weighted by Crippen LogP contribution is -2.39. The number of rotatable bonds is 5. The van der Waals surface area contributed by atoms with Crippen LogP contribution in [0.2, 0.25) is 5.02 Å². The summed E-state index contributed by atoms with van der Waals surface area (Å²) in [6.45, 7) is 1.70. The number of thiazole rings is 1. The highest BCUT2D eigenvalue weighted by atomic mass is 35.5. The molecule has 1 aliphatic heterocycles. The summed E-state index contributed by atoms with van der Waals surface area (Å²) in [6, 6.07) is 16.6. The van der Waals surface area contributed by atoms with E-state index in [2.05, 4.69) is 4.99 Å². The summed E-state index contributed by atoms with van der Waals surface area (Å²) < 4.78 is 17.6. The first kappa shape index (κ1) is 25.4. The molecule has 10 heteroatoms. The Labute approximate surface area is 225 Å². The SMILES string of the molecule is COC(=O)C1=C(C)N=c2s/c(=C/c3ccc(-c4cccc(Cl)c4)o3)c(=O)n2[C@@H]1c1ccc(C(=O)OC)cc1. The van der Waals surface area contributed by atoms with E-state index >= 15 is 0 Å². The van der Waals surface area contributed by atoms with Crippen molar-refractivity contribution in [1.82, 2.24) is 4.57 Å². The smallest absolute Gasteiger partial charge is 0.338 e. The van der Waals surface area contributed by atoms with Crippen molar-refractivity contribution in [3.05, 3.63) is 114 Å². The molecule has 4 aromatic rings. The molecule has 3 heterocycles. The number of carbonyl (C=O) groups is 2. The van der Waals surface area contributed by atoms with Gasteiger partial charge in [-0.3, -0.25) is 9.36 Å². The van der Waals surface area contributed by atoms with Crippen molar-refractivity contribution in [2.75, 3.05) is 14.2 Å². The molecule has 38 heavy (non-hydrogen) atoms. The maximum atomic E-state index is 13.7. The molecule has 2 aromatic carbocycles. The number of carbonyl (C=O) groups excluding carboxylic acids is 2. The van der Waals surface area contributed by atoms with E-state index in [-0.39, 0.29) is 11.1 Å². The summed E-state index contributed by atoms with van der Waals surface area (Å²) in [4.78, 5) is 43.4. The topological polar surface area (TPSA) is 100 Å². The Morgan fingerprint density at radius 2 is 1.79 bits per heavy atom. The molecule has 0 saturated carbocycles. The number of fused-ring (bicyclic) bond motifs is 1. The van der Waals surface area contributed by atoms with Gasteiger partial charge in [0.2, 0.25) is 0 Å². The Morgan fingerprint density at radius 3 is 2.47 bits per heavy atom. The number of hydrogen-bond acceptors (Lipinski definition) is 8. The van der Waals surface area contributed by atoms with E-state index in [1.165, 1.54) is 30.1 Å². The molecule has 0 bridgehead atoms. The van der Waals surface area contributed by atoms with Gasteiger partial charge in [-0.2, -0.15) is 0 Å². The summed E-state index contributed by atoms with van der Waals surface area (Å²) in [5.41, 5.74) is 2.10. The Kier molecular flexibility index (Phi) is 6.88. The molecule has 192 valence electrons. The number of nitrogens with zero attached hydrogens (tertiary/aromatic N) is 2. The molecular weight excluding hydrogens is 528 g/mol. The largest absolute Gasteiger partial charge is 0.466 e. The summed E-state index contributed by atoms with van der Waals surface area (Å²) in [5.74, 6) is 0.00259. The van der Waals surface area contributed by atoms with Gasteiger partial charge in [0.05, 0.1) is 41.6 Å². The first-order valence-electron chi connectivity index (χ1n) is 11.5. The predicted molar refractivity (Wildman–Crippen MR) is 143 cm³/mol. The minimum Gasteiger partial charge on any atom is -0.466 e. The van der Waals surface area contributed by atoms with Crippen molar-refractivity contribution in [2.45, 2.75) is 13.0 Å². The number of methoxy groups -OCH3 is 2. The highest BCUT2D eigenvalue weighted by Crippen LogP contribution is 2.31. The van der Waals surface area contributed by atoms with Crippen LogP contribution < -0.4 is 14.9 Å². The van der Waals surface area contributed by atoms with Gasteiger partial charge in [-0.05, 0) is 48.9 Å². The van der Waals surface area contributed by atoms with E-state index in [1.54, 1.807) is 61.5 Å². The second-order valence-electron chi connectivity index (χ2n) is 8.40. The Bertz CT molecular complexity index is 1780. The minimum atomic E-state index is -0.800. The summed E-state index contributed by atoms with van der Waals surface area (Å²) in [5, 5.41) is 0.588. The van der Waals surface area contributed by atoms with E-state index in [0.29, 0.717) is 42.7 Å². The first-order valence-corrected chi connectivity index (χ1v) is 12.6. The van der Waals surface area contributed by atoms with Crippen molar-refractivity contribution in [2.24, 2.45) is 4.99 Å². The third-order valence-electron chi connectivity index (χ3n) is 6.08.